The van der Waals surface area contributed by atoms with Gasteiger partial charge in [0.25, 0.3) is 5.01 Å². The number of ether oxygens (including phenoxy) is 1. The summed E-state index contributed by atoms with van der Waals surface area (Å²) in [5.41, 5.74) is 8.01. The second kappa shape index (κ2) is 12.1. The zero-order chi connectivity index (χ0) is 28.3. The van der Waals surface area contributed by atoms with Gasteiger partial charge in [-0.15, -0.1) is 0 Å². The zero-order valence-electron chi connectivity index (χ0n) is 24.3. The molecule has 1 aliphatic carbocycles. The van der Waals surface area contributed by atoms with Gasteiger partial charge in [-0.3, -0.25) is 0 Å². The lowest BCUT2D eigenvalue weighted by atomic mass is 9.78. The SMILES string of the molecule is CCN1C(=CC=C2CC(C)CC(C=Cc3sc4ccccc4[n+]3CC)=C2c2ccc(OC)cc2)Sc2ccccc21. The topological polar surface area (TPSA) is 16.4 Å². The number of fused-ring (bicyclic) bond motifs is 2. The van der Waals surface area contributed by atoms with E-state index in [0.29, 0.717) is 5.92 Å². The molecule has 1 aliphatic heterocycles. The van der Waals surface area contributed by atoms with Gasteiger partial charge >= 0.3 is 0 Å². The first-order valence-corrected chi connectivity index (χ1v) is 16.2. The molecule has 6 rings (SSSR count). The van der Waals surface area contributed by atoms with Crippen LogP contribution in [-0.4, -0.2) is 13.7 Å². The Hall–Kier alpha value is -3.54. The lowest BCUT2D eigenvalue weighted by Gasteiger charge is -2.27. The van der Waals surface area contributed by atoms with Crippen LogP contribution in [0.1, 0.15) is 44.2 Å². The molecule has 0 bridgehead atoms. The molecule has 3 nitrogen and oxygen atoms in total. The van der Waals surface area contributed by atoms with E-state index in [1.807, 2.05) is 23.1 Å². The van der Waals surface area contributed by atoms with Crippen molar-refractivity contribution in [3.8, 4) is 5.75 Å². The smallest absolute Gasteiger partial charge is 0.262 e. The van der Waals surface area contributed by atoms with Gasteiger partial charge in [0.2, 0.25) is 5.52 Å². The highest BCUT2D eigenvalue weighted by Gasteiger charge is 2.25. The number of hydrogen-bond acceptors (Lipinski definition) is 4. The highest BCUT2D eigenvalue weighted by Crippen LogP contribution is 2.46. The highest BCUT2D eigenvalue weighted by atomic mass is 32.2. The van der Waals surface area contributed by atoms with Crippen molar-refractivity contribution in [2.45, 2.75) is 45.1 Å². The molecule has 208 valence electrons. The summed E-state index contributed by atoms with van der Waals surface area (Å²) in [7, 11) is 1.73. The van der Waals surface area contributed by atoms with Crippen LogP contribution >= 0.6 is 23.1 Å². The van der Waals surface area contributed by atoms with Crippen molar-refractivity contribution in [2.24, 2.45) is 5.92 Å². The maximum atomic E-state index is 5.49. The normalized spacial score (nSPS) is 19.2. The van der Waals surface area contributed by atoms with Crippen molar-refractivity contribution in [3.63, 3.8) is 0 Å². The van der Waals surface area contributed by atoms with Gasteiger partial charge in [0.1, 0.15) is 17.0 Å². The molecule has 2 heterocycles. The molecule has 3 aromatic carbocycles. The maximum absolute atomic E-state index is 5.49. The molecule has 5 heteroatoms. The van der Waals surface area contributed by atoms with Gasteiger partial charge < -0.3 is 9.64 Å². The number of aromatic nitrogens is 1. The summed E-state index contributed by atoms with van der Waals surface area (Å²) in [6.07, 6.45) is 11.6. The molecule has 1 unspecified atom stereocenters. The second-order valence-electron chi connectivity index (χ2n) is 10.6. The third-order valence-electron chi connectivity index (χ3n) is 7.92. The first-order chi connectivity index (χ1) is 20.1. The van der Waals surface area contributed by atoms with E-state index in [1.54, 1.807) is 7.11 Å². The fraction of sp³-hybridized carbons (Fsp3) is 0.250. The second-order valence-corrected chi connectivity index (χ2v) is 12.8. The number of rotatable bonds is 7. The average Bonchev–Trinajstić information content (AvgIpc) is 3.55. The fourth-order valence-electron chi connectivity index (χ4n) is 6.01. The molecular formula is C36H37N2OS2+. The van der Waals surface area contributed by atoms with Gasteiger partial charge in [-0.2, -0.15) is 4.57 Å². The lowest BCUT2D eigenvalue weighted by molar-refractivity contribution is -0.665. The minimum atomic E-state index is 0.567. The largest absolute Gasteiger partial charge is 0.497 e. The predicted octanol–water partition coefficient (Wildman–Crippen LogP) is 9.51. The van der Waals surface area contributed by atoms with E-state index in [1.165, 1.54) is 53.1 Å². The van der Waals surface area contributed by atoms with Gasteiger partial charge in [0.05, 0.1) is 17.8 Å². The third-order valence-corrected chi connectivity index (χ3v) is 10.2. The Morgan fingerprint density at radius 3 is 2.49 bits per heavy atom. The molecule has 41 heavy (non-hydrogen) atoms. The number of anilines is 1. The quantitative estimate of drug-likeness (QED) is 0.204. The summed E-state index contributed by atoms with van der Waals surface area (Å²) >= 11 is 3.74. The van der Waals surface area contributed by atoms with Crippen LogP contribution in [0.3, 0.4) is 0 Å². The van der Waals surface area contributed by atoms with Gasteiger partial charge in [0.15, 0.2) is 0 Å². The van der Waals surface area contributed by atoms with Crippen molar-refractivity contribution in [1.29, 1.82) is 0 Å². The molecule has 0 N–H and O–H groups in total. The molecule has 0 radical (unpaired) electrons. The first-order valence-electron chi connectivity index (χ1n) is 14.5. The van der Waals surface area contributed by atoms with Crippen LogP contribution in [-0.2, 0) is 6.54 Å². The number of methoxy groups -OCH3 is 1. The van der Waals surface area contributed by atoms with Crippen LogP contribution in [0.4, 0.5) is 5.69 Å². The Morgan fingerprint density at radius 2 is 1.71 bits per heavy atom. The Labute approximate surface area is 252 Å². The standard InChI is InChI=1S/C36H37N2OS2/c1-5-37-30-11-7-9-13-32(30)40-34(37)21-17-27-23-25(3)24-28(36(27)26-15-19-29(39-4)20-16-26)18-22-35-38(6-2)31-12-8-10-14-33(31)41-35/h7-22,25H,5-6,23-24H2,1-4H3/q+1. The summed E-state index contributed by atoms with van der Waals surface area (Å²) in [5.74, 6) is 1.45. The molecule has 1 atom stereocenters. The van der Waals surface area contributed by atoms with Crippen molar-refractivity contribution in [2.75, 3.05) is 18.6 Å². The third kappa shape index (κ3) is 5.53. The van der Waals surface area contributed by atoms with E-state index in [-0.39, 0.29) is 0 Å². The molecule has 0 fully saturated rings. The van der Waals surface area contributed by atoms with Gasteiger partial charge in [-0.25, -0.2) is 0 Å². The summed E-state index contributed by atoms with van der Waals surface area (Å²) in [5, 5.41) is 2.58. The van der Waals surface area contributed by atoms with Crippen molar-refractivity contribution >= 4 is 50.7 Å². The van der Waals surface area contributed by atoms with Crippen LogP contribution in [0.25, 0.3) is 21.9 Å². The minimum absolute atomic E-state index is 0.567. The molecule has 0 spiro atoms. The maximum Gasteiger partial charge on any atom is 0.262 e. The monoisotopic (exact) mass is 577 g/mol. The van der Waals surface area contributed by atoms with E-state index in [0.717, 1.165) is 31.7 Å². The van der Waals surface area contributed by atoms with Crippen molar-refractivity contribution < 1.29 is 9.30 Å². The first kappa shape index (κ1) is 27.6. The summed E-state index contributed by atoms with van der Waals surface area (Å²) in [6.45, 7) is 8.75. The molecule has 0 saturated heterocycles. The van der Waals surface area contributed by atoms with Crippen LogP contribution in [0.5, 0.6) is 5.75 Å². The van der Waals surface area contributed by atoms with Crippen LogP contribution in [0.2, 0.25) is 0 Å². The Balaban J connectivity index is 1.45. The lowest BCUT2D eigenvalue weighted by Crippen LogP contribution is -2.33. The van der Waals surface area contributed by atoms with E-state index in [2.05, 4.69) is 127 Å². The molecule has 1 aromatic heterocycles. The summed E-state index contributed by atoms with van der Waals surface area (Å²) in [4.78, 5) is 3.75. The average molecular weight is 578 g/mol. The van der Waals surface area contributed by atoms with Crippen LogP contribution in [0.15, 0.2) is 112 Å². The highest BCUT2D eigenvalue weighted by molar-refractivity contribution is 8.03. The number of benzene rings is 3. The summed E-state index contributed by atoms with van der Waals surface area (Å²) in [6, 6.07) is 26.0. The Morgan fingerprint density at radius 1 is 0.927 bits per heavy atom. The molecule has 0 saturated carbocycles. The summed E-state index contributed by atoms with van der Waals surface area (Å²) < 4.78 is 9.25. The number of thioether (sulfide) groups is 1. The zero-order valence-corrected chi connectivity index (χ0v) is 25.9. The molecule has 4 aromatic rings. The van der Waals surface area contributed by atoms with Crippen LogP contribution in [0, 0.1) is 5.92 Å². The van der Waals surface area contributed by atoms with E-state index < -0.39 is 0 Å². The van der Waals surface area contributed by atoms with Crippen molar-refractivity contribution in [1.82, 2.24) is 0 Å². The Kier molecular flexibility index (Phi) is 8.18. The van der Waals surface area contributed by atoms with E-state index in [9.17, 15) is 0 Å². The number of para-hydroxylation sites is 2. The number of aryl methyl sites for hydroxylation is 1. The number of allylic oxidation sites excluding steroid dienone is 6. The predicted molar refractivity (Wildman–Crippen MR) is 177 cm³/mol. The molecular weight excluding hydrogens is 541 g/mol. The molecule has 2 aliphatic rings. The van der Waals surface area contributed by atoms with Gasteiger partial charge in [0, 0.05) is 23.6 Å². The van der Waals surface area contributed by atoms with E-state index >= 15 is 0 Å². The van der Waals surface area contributed by atoms with E-state index in [4.69, 9.17) is 4.74 Å². The van der Waals surface area contributed by atoms with Crippen molar-refractivity contribution in [3.05, 3.63) is 118 Å². The van der Waals surface area contributed by atoms with Crippen LogP contribution < -0.4 is 14.2 Å². The molecule has 0 amide bonds. The Bertz CT molecular complexity index is 1690. The number of nitrogens with zero attached hydrogens (tertiary/aromatic N) is 2. The fourth-order valence-corrected chi connectivity index (χ4v) is 8.27. The van der Waals surface area contributed by atoms with Gasteiger partial charge in [-0.1, -0.05) is 78.6 Å². The number of thiazole rings is 1. The minimum Gasteiger partial charge on any atom is -0.497 e. The van der Waals surface area contributed by atoms with Gasteiger partial charge in [-0.05, 0) is 91.3 Å². The number of hydrogen-bond donors (Lipinski definition) is 0.